The summed E-state index contributed by atoms with van der Waals surface area (Å²) in [5.41, 5.74) is 10.8. The molecule has 0 spiro atoms. The van der Waals surface area contributed by atoms with Gasteiger partial charge in [0.1, 0.15) is 10.6 Å². The summed E-state index contributed by atoms with van der Waals surface area (Å²) in [6.07, 6.45) is 7.64. The largest absolute Gasteiger partial charge is 0.383 e. The van der Waals surface area contributed by atoms with Crippen LogP contribution in [0.5, 0.6) is 0 Å². The van der Waals surface area contributed by atoms with Gasteiger partial charge >= 0.3 is 6.03 Å². The average Bonchev–Trinajstić information content (AvgIpc) is 3.15. The molecule has 2 aliphatic rings. The third-order valence-corrected chi connectivity index (χ3v) is 7.07. The van der Waals surface area contributed by atoms with Crippen molar-refractivity contribution in [2.45, 2.75) is 68.6 Å². The molecule has 0 atom stereocenters. The molecule has 2 aliphatic carbocycles. The summed E-state index contributed by atoms with van der Waals surface area (Å²) in [4.78, 5) is 15.2. The molecular formula is C20H28N4O2S2. The smallest absolute Gasteiger partial charge is 0.316 e. The van der Waals surface area contributed by atoms with E-state index in [9.17, 15) is 9.90 Å². The number of thiazole rings is 1. The third kappa shape index (κ3) is 4.86. The fourth-order valence-electron chi connectivity index (χ4n) is 3.59. The molecule has 0 radical (unpaired) electrons. The molecule has 1 heterocycles. The Bertz CT molecular complexity index is 870. The second kappa shape index (κ2) is 8.41. The number of fused-ring (bicyclic) bond motifs is 1. The predicted molar refractivity (Wildman–Crippen MR) is 116 cm³/mol. The topological polar surface area (TPSA) is 114 Å². The van der Waals surface area contributed by atoms with Crippen LogP contribution in [0.25, 0.3) is 0 Å². The van der Waals surface area contributed by atoms with Gasteiger partial charge < -0.3 is 16.2 Å². The second-order valence-electron chi connectivity index (χ2n) is 7.88. The van der Waals surface area contributed by atoms with E-state index >= 15 is 0 Å². The van der Waals surface area contributed by atoms with Crippen molar-refractivity contribution in [3.63, 3.8) is 0 Å². The van der Waals surface area contributed by atoms with Gasteiger partial charge in [-0.1, -0.05) is 6.07 Å². The van der Waals surface area contributed by atoms with Crippen molar-refractivity contribution >= 4 is 35.0 Å². The van der Waals surface area contributed by atoms with Crippen LogP contribution < -0.4 is 16.2 Å². The van der Waals surface area contributed by atoms with Gasteiger partial charge in [0, 0.05) is 5.69 Å². The Labute approximate surface area is 174 Å². The molecule has 0 aliphatic heterocycles. The van der Waals surface area contributed by atoms with Crippen LogP contribution in [-0.4, -0.2) is 16.1 Å². The Morgan fingerprint density at radius 1 is 1.39 bits per heavy atom. The van der Waals surface area contributed by atoms with E-state index in [1.54, 1.807) is 20.0 Å². The molecule has 1 aromatic carbocycles. The van der Waals surface area contributed by atoms with Gasteiger partial charge in [0.05, 0.1) is 10.4 Å². The van der Waals surface area contributed by atoms with E-state index in [2.05, 4.69) is 23.3 Å². The number of benzene rings is 1. The number of urea groups is 1. The Kier molecular flexibility index (Phi) is 6.34. The molecule has 1 saturated carbocycles. The summed E-state index contributed by atoms with van der Waals surface area (Å²) in [6, 6.07) is 1.91. The van der Waals surface area contributed by atoms with Gasteiger partial charge in [-0.05, 0) is 93.0 Å². The highest BCUT2D eigenvalue weighted by atomic mass is 32.2. The molecular weight excluding hydrogens is 392 g/mol. The number of aryl methyl sites for hydroxylation is 1. The molecule has 1 fully saturated rings. The van der Waals surface area contributed by atoms with Crippen LogP contribution in [0.1, 0.15) is 66.3 Å². The lowest BCUT2D eigenvalue weighted by Gasteiger charge is -2.16. The minimum Gasteiger partial charge on any atom is -0.383 e. The fraction of sp³-hybridized carbons (Fsp3) is 0.500. The Morgan fingerprint density at radius 2 is 2.11 bits per heavy atom. The first kappa shape index (κ1) is 21.1. The lowest BCUT2D eigenvalue weighted by molar-refractivity contribution is 0.0783. The van der Waals surface area contributed by atoms with Gasteiger partial charge in [0.2, 0.25) is 0 Å². The number of carbonyl (C=O) groups is 1. The first-order chi connectivity index (χ1) is 13.2. The van der Waals surface area contributed by atoms with Crippen LogP contribution in [0.3, 0.4) is 0 Å². The van der Waals surface area contributed by atoms with Gasteiger partial charge in [0.25, 0.3) is 0 Å². The summed E-state index contributed by atoms with van der Waals surface area (Å²) in [7, 11) is 0. The van der Waals surface area contributed by atoms with Crippen molar-refractivity contribution in [3.8, 4) is 0 Å². The number of hydrogen-bond acceptors (Lipinski definition) is 6. The number of nitrogens with one attached hydrogen (secondary N) is 1. The molecule has 6 N–H and O–H groups in total. The highest BCUT2D eigenvalue weighted by Crippen LogP contribution is 2.46. The van der Waals surface area contributed by atoms with E-state index in [0.717, 1.165) is 34.7 Å². The fourth-order valence-corrected chi connectivity index (χ4v) is 4.78. The van der Waals surface area contributed by atoms with Crippen LogP contribution in [0.15, 0.2) is 16.5 Å². The molecule has 2 aromatic rings. The summed E-state index contributed by atoms with van der Waals surface area (Å²) in [5, 5.41) is 18.3. The van der Waals surface area contributed by atoms with E-state index < -0.39 is 11.6 Å². The number of amides is 2. The van der Waals surface area contributed by atoms with E-state index in [-0.39, 0.29) is 0 Å². The maximum absolute atomic E-state index is 11.1. The lowest BCUT2D eigenvalue weighted by Crippen LogP contribution is -2.21. The molecule has 2 amide bonds. The zero-order valence-corrected chi connectivity index (χ0v) is 18.2. The first-order valence-corrected chi connectivity index (χ1v) is 11.2. The average molecular weight is 421 g/mol. The van der Waals surface area contributed by atoms with Crippen molar-refractivity contribution in [1.82, 2.24) is 4.98 Å². The number of rotatable bonds is 4. The monoisotopic (exact) mass is 420 g/mol. The van der Waals surface area contributed by atoms with E-state index in [1.165, 1.54) is 52.9 Å². The zero-order valence-electron chi connectivity index (χ0n) is 16.5. The van der Waals surface area contributed by atoms with Gasteiger partial charge in [-0.15, -0.1) is 11.3 Å². The van der Waals surface area contributed by atoms with Crippen LogP contribution in [0.4, 0.5) is 10.5 Å². The van der Waals surface area contributed by atoms with Crippen LogP contribution in [0.2, 0.25) is 0 Å². The van der Waals surface area contributed by atoms with Crippen molar-refractivity contribution in [2.24, 2.45) is 10.9 Å². The maximum atomic E-state index is 11.1. The molecule has 0 saturated heterocycles. The summed E-state index contributed by atoms with van der Waals surface area (Å²) < 4.78 is 0.919. The van der Waals surface area contributed by atoms with E-state index in [1.807, 2.05) is 0 Å². The number of aliphatic hydroxyl groups is 1. The zero-order chi connectivity index (χ0) is 20.5. The van der Waals surface area contributed by atoms with Crippen LogP contribution in [0, 0.1) is 6.92 Å². The molecule has 8 heteroatoms. The van der Waals surface area contributed by atoms with E-state index in [0.29, 0.717) is 10.9 Å². The van der Waals surface area contributed by atoms with Crippen molar-refractivity contribution < 1.29 is 9.90 Å². The number of hydrogen-bond donors (Lipinski definition) is 4. The molecule has 6 nitrogen and oxygen atoms in total. The number of carbonyl (C=O) groups excluding carboxylic acids is 1. The van der Waals surface area contributed by atoms with Crippen LogP contribution in [-0.2, 0) is 18.4 Å². The minimum atomic E-state index is -0.849. The SMILES string of the molecule is CC(C)(O)c1ncc(SN)s1.Cc1c(C2CC2)cc2c(c1NC(N)=O)CCC2. The van der Waals surface area contributed by atoms with Gasteiger partial charge in [-0.25, -0.2) is 9.78 Å². The normalized spacial score (nSPS) is 15.6. The quantitative estimate of drug-likeness (QED) is 0.554. The molecule has 28 heavy (non-hydrogen) atoms. The summed E-state index contributed by atoms with van der Waals surface area (Å²) >= 11 is 2.57. The molecule has 152 valence electrons. The van der Waals surface area contributed by atoms with Crippen molar-refractivity contribution in [3.05, 3.63) is 39.5 Å². The second-order valence-corrected chi connectivity index (χ2v) is 9.85. The molecule has 1 aromatic heterocycles. The minimum absolute atomic E-state index is 0.449. The first-order valence-electron chi connectivity index (χ1n) is 9.47. The number of nitrogens with zero attached hydrogens (tertiary/aromatic N) is 1. The lowest BCUT2D eigenvalue weighted by atomic mass is 9.95. The Hall–Kier alpha value is -1.61. The molecule has 0 unspecified atom stereocenters. The molecule has 4 rings (SSSR count). The van der Waals surface area contributed by atoms with E-state index in [4.69, 9.17) is 10.9 Å². The number of primary amides is 1. The highest BCUT2D eigenvalue weighted by molar-refractivity contribution is 7.99. The standard InChI is InChI=1S/C14H18N2O.C6H10N2OS2/c1-8-12(9-5-6-9)7-10-3-2-4-11(10)13(8)16-14(15)17;1-6(2,9)5-8-3-4(10-5)11-7/h7,9H,2-6H2,1H3,(H3,15,16,17);3,9H,7H2,1-2H3. The summed E-state index contributed by atoms with van der Waals surface area (Å²) in [6.45, 7) is 5.52. The Morgan fingerprint density at radius 3 is 2.61 bits per heavy atom. The maximum Gasteiger partial charge on any atom is 0.316 e. The van der Waals surface area contributed by atoms with Crippen LogP contribution >= 0.6 is 23.3 Å². The summed E-state index contributed by atoms with van der Waals surface area (Å²) in [5.74, 6) is 0.717. The van der Waals surface area contributed by atoms with Crippen molar-refractivity contribution in [2.75, 3.05) is 5.32 Å². The number of anilines is 1. The van der Waals surface area contributed by atoms with Crippen molar-refractivity contribution in [1.29, 1.82) is 0 Å². The van der Waals surface area contributed by atoms with Gasteiger partial charge in [0.15, 0.2) is 0 Å². The number of aromatic nitrogens is 1. The van der Waals surface area contributed by atoms with Gasteiger partial charge in [-0.2, -0.15) is 0 Å². The van der Waals surface area contributed by atoms with Gasteiger partial charge in [-0.3, -0.25) is 5.14 Å². The predicted octanol–water partition coefficient (Wildman–Crippen LogP) is 4.19. The third-order valence-electron chi connectivity index (χ3n) is 5.09. The Balaban J connectivity index is 0.000000178. The molecule has 0 bridgehead atoms. The highest BCUT2D eigenvalue weighted by Gasteiger charge is 2.29. The number of nitrogens with two attached hydrogens (primary N) is 2.